The van der Waals surface area contributed by atoms with E-state index >= 15 is 0 Å². The SMILES string of the molecule is CCCCCCCCCCCCCC(=O)O[C@@H]1[C@H](C)[C@@]2(O)[C@@H](C=C(CO)C[C@]3(O)C(=O)C(C)C[C@@H]23)[C@@H]2C(C)(C)[C@]12OC(C)=O. The molecule has 0 aromatic heterocycles. The van der Waals surface area contributed by atoms with Crippen LogP contribution >= 0.6 is 0 Å². The van der Waals surface area contributed by atoms with Crippen LogP contribution in [0.1, 0.15) is 131 Å². The van der Waals surface area contributed by atoms with E-state index in [0.29, 0.717) is 12.0 Å². The molecule has 3 N–H and O–H groups in total. The van der Waals surface area contributed by atoms with Crippen LogP contribution in [0.5, 0.6) is 0 Å². The van der Waals surface area contributed by atoms with Crippen molar-refractivity contribution in [2.24, 2.45) is 35.0 Å². The van der Waals surface area contributed by atoms with Gasteiger partial charge >= 0.3 is 11.9 Å². The lowest BCUT2D eigenvalue weighted by Gasteiger charge is -2.53. The fourth-order valence-electron chi connectivity index (χ4n) is 9.64. The van der Waals surface area contributed by atoms with Gasteiger partial charge in [0, 0.05) is 54.8 Å². The Kier molecular flexibility index (Phi) is 10.8. The number of hydrogen-bond donors (Lipinski definition) is 3. The van der Waals surface area contributed by atoms with Crippen molar-refractivity contribution >= 4 is 17.7 Å². The van der Waals surface area contributed by atoms with Crippen molar-refractivity contribution in [3.63, 3.8) is 0 Å². The van der Waals surface area contributed by atoms with Crippen LogP contribution < -0.4 is 0 Å². The second-order valence-corrected chi connectivity index (χ2v) is 15.1. The van der Waals surface area contributed by atoms with Crippen LogP contribution in [0.3, 0.4) is 0 Å². The molecular formula is C36H58O8. The highest BCUT2D eigenvalue weighted by atomic mass is 16.6. The Morgan fingerprint density at radius 2 is 1.52 bits per heavy atom. The van der Waals surface area contributed by atoms with Gasteiger partial charge in [0.05, 0.1) is 12.2 Å². The number of fused-ring (bicyclic) bond motifs is 5. The minimum absolute atomic E-state index is 0.0557. The molecule has 4 aliphatic rings. The van der Waals surface area contributed by atoms with E-state index < -0.39 is 63.9 Å². The van der Waals surface area contributed by atoms with Crippen molar-refractivity contribution in [3.8, 4) is 0 Å². The highest BCUT2D eigenvalue weighted by molar-refractivity contribution is 5.92. The van der Waals surface area contributed by atoms with Gasteiger partial charge in [-0.25, -0.2) is 0 Å². The maximum absolute atomic E-state index is 13.4. The topological polar surface area (TPSA) is 130 Å². The van der Waals surface area contributed by atoms with Crippen LogP contribution in [0.2, 0.25) is 0 Å². The van der Waals surface area contributed by atoms with Gasteiger partial charge in [-0.1, -0.05) is 105 Å². The zero-order valence-corrected chi connectivity index (χ0v) is 28.0. The van der Waals surface area contributed by atoms with E-state index in [1.54, 1.807) is 19.9 Å². The summed E-state index contributed by atoms with van der Waals surface area (Å²) in [6, 6.07) is 0. The Bertz CT molecular complexity index is 1100. The van der Waals surface area contributed by atoms with Crippen LogP contribution in [0.4, 0.5) is 0 Å². The third-order valence-electron chi connectivity index (χ3n) is 11.9. The summed E-state index contributed by atoms with van der Waals surface area (Å²) in [5, 5.41) is 34.9. The van der Waals surface area contributed by atoms with E-state index in [-0.39, 0.29) is 37.6 Å². The molecular weight excluding hydrogens is 560 g/mol. The highest BCUT2D eigenvalue weighted by Gasteiger charge is 2.88. The fraction of sp³-hybridized carbons (Fsp3) is 0.861. The molecule has 0 aromatic carbocycles. The average molecular weight is 619 g/mol. The van der Waals surface area contributed by atoms with Crippen LogP contribution in [-0.4, -0.2) is 62.6 Å². The molecule has 8 nitrogen and oxygen atoms in total. The Morgan fingerprint density at radius 3 is 2.07 bits per heavy atom. The number of carbonyl (C=O) groups excluding carboxylic acids is 3. The number of carbonyl (C=O) groups is 3. The second kappa shape index (κ2) is 13.5. The summed E-state index contributed by atoms with van der Waals surface area (Å²) >= 11 is 0. The smallest absolute Gasteiger partial charge is 0.306 e. The van der Waals surface area contributed by atoms with E-state index in [1.807, 2.05) is 13.8 Å². The van der Waals surface area contributed by atoms with Gasteiger partial charge in [-0.05, 0) is 18.4 Å². The van der Waals surface area contributed by atoms with Gasteiger partial charge in [0.1, 0.15) is 11.7 Å². The van der Waals surface area contributed by atoms with Crippen molar-refractivity contribution in [2.45, 2.75) is 154 Å². The number of aliphatic hydroxyl groups excluding tert-OH is 1. The Morgan fingerprint density at radius 1 is 0.955 bits per heavy atom. The molecule has 8 heteroatoms. The van der Waals surface area contributed by atoms with Crippen LogP contribution in [0.15, 0.2) is 11.6 Å². The fourth-order valence-corrected chi connectivity index (χ4v) is 9.64. The van der Waals surface area contributed by atoms with Crippen molar-refractivity contribution in [3.05, 3.63) is 11.6 Å². The van der Waals surface area contributed by atoms with E-state index in [9.17, 15) is 29.7 Å². The minimum Gasteiger partial charge on any atom is -0.458 e. The second-order valence-electron chi connectivity index (χ2n) is 15.1. The van der Waals surface area contributed by atoms with Crippen molar-refractivity contribution in [2.75, 3.05) is 6.61 Å². The van der Waals surface area contributed by atoms with E-state index in [0.717, 1.165) is 19.3 Å². The summed E-state index contributed by atoms with van der Waals surface area (Å²) in [5.41, 5.74) is -4.82. The van der Waals surface area contributed by atoms with Gasteiger partial charge < -0.3 is 24.8 Å². The zero-order valence-electron chi connectivity index (χ0n) is 28.0. The first-order valence-electron chi connectivity index (χ1n) is 17.4. The predicted octanol–water partition coefficient (Wildman–Crippen LogP) is 5.83. The number of unbranched alkanes of at least 4 members (excludes halogenated alkanes) is 10. The molecule has 250 valence electrons. The zero-order chi connectivity index (χ0) is 32.5. The lowest BCUT2D eigenvalue weighted by atomic mass is 9.58. The lowest BCUT2D eigenvalue weighted by Crippen LogP contribution is -2.66. The third kappa shape index (κ3) is 5.92. The number of Topliss-reactive ketones (excluding diaryl/α,β-unsaturated/α-hetero) is 1. The van der Waals surface area contributed by atoms with Crippen LogP contribution in [-0.2, 0) is 23.9 Å². The average Bonchev–Trinajstić information content (AvgIpc) is 3.38. The van der Waals surface area contributed by atoms with E-state index in [1.165, 1.54) is 51.9 Å². The maximum atomic E-state index is 13.4. The van der Waals surface area contributed by atoms with Crippen molar-refractivity contribution in [1.82, 2.24) is 0 Å². The molecule has 0 saturated heterocycles. The molecule has 4 aliphatic carbocycles. The Hall–Kier alpha value is -1.77. The molecule has 0 radical (unpaired) electrons. The van der Waals surface area contributed by atoms with Gasteiger partial charge in [0.15, 0.2) is 11.4 Å². The molecule has 44 heavy (non-hydrogen) atoms. The monoisotopic (exact) mass is 618 g/mol. The van der Waals surface area contributed by atoms with Gasteiger partial charge in [0.2, 0.25) is 0 Å². The molecule has 4 rings (SSSR count). The molecule has 3 fully saturated rings. The van der Waals surface area contributed by atoms with Gasteiger partial charge in [-0.15, -0.1) is 0 Å². The maximum Gasteiger partial charge on any atom is 0.306 e. The van der Waals surface area contributed by atoms with E-state index in [4.69, 9.17) is 9.47 Å². The molecule has 3 saturated carbocycles. The van der Waals surface area contributed by atoms with Gasteiger partial charge in [-0.2, -0.15) is 0 Å². The first kappa shape index (κ1) is 35.1. The van der Waals surface area contributed by atoms with Crippen LogP contribution in [0.25, 0.3) is 0 Å². The molecule has 0 bridgehead atoms. The summed E-state index contributed by atoms with van der Waals surface area (Å²) in [6.45, 7) is 10.7. The summed E-state index contributed by atoms with van der Waals surface area (Å²) in [5.74, 6) is -4.31. The standard InChI is InChI=1S/C36H58O8/c1-7-8-9-10-11-12-13-14-15-16-17-18-29(39)43-32-24(3)35(42)27(30-33(5,6)36(30,32)44-25(4)38)20-26(22-37)21-34(41)28(35)19-23(2)31(34)40/h20,23-24,27-28,30,32,37,41-42H,7-19,21-22H2,1-6H3/t23?,24-,27-,28+,30+,32+,34+,35+,36+/m0/s1. The Labute approximate surface area is 264 Å². The lowest BCUT2D eigenvalue weighted by molar-refractivity contribution is -0.233. The molecule has 0 spiro atoms. The molecule has 0 heterocycles. The Balaban J connectivity index is 1.50. The summed E-state index contributed by atoms with van der Waals surface area (Å²) in [6.07, 6.45) is 14.2. The van der Waals surface area contributed by atoms with E-state index in [2.05, 4.69) is 6.92 Å². The number of ether oxygens (including phenoxy) is 2. The molecule has 0 amide bonds. The molecule has 0 aliphatic heterocycles. The van der Waals surface area contributed by atoms with Crippen molar-refractivity contribution in [1.29, 1.82) is 0 Å². The largest absolute Gasteiger partial charge is 0.458 e. The third-order valence-corrected chi connectivity index (χ3v) is 11.9. The van der Waals surface area contributed by atoms with Crippen molar-refractivity contribution < 1.29 is 39.2 Å². The molecule has 9 atom stereocenters. The predicted molar refractivity (Wildman–Crippen MR) is 167 cm³/mol. The highest BCUT2D eigenvalue weighted by Crippen LogP contribution is 2.77. The first-order valence-corrected chi connectivity index (χ1v) is 17.4. The number of rotatable bonds is 15. The number of aliphatic hydroxyl groups is 3. The summed E-state index contributed by atoms with van der Waals surface area (Å²) in [4.78, 5) is 39.2. The minimum atomic E-state index is -1.84. The number of hydrogen-bond acceptors (Lipinski definition) is 8. The van der Waals surface area contributed by atoms with Gasteiger partial charge in [-0.3, -0.25) is 14.4 Å². The number of ketones is 1. The van der Waals surface area contributed by atoms with Gasteiger partial charge in [0.25, 0.3) is 0 Å². The first-order chi connectivity index (χ1) is 20.7. The summed E-state index contributed by atoms with van der Waals surface area (Å²) in [7, 11) is 0. The molecule has 0 aromatic rings. The summed E-state index contributed by atoms with van der Waals surface area (Å²) < 4.78 is 12.3. The van der Waals surface area contributed by atoms with Crippen LogP contribution in [0, 0.1) is 35.0 Å². The molecule has 1 unspecified atom stereocenters. The normalized spacial score (nSPS) is 38.6. The number of esters is 2. The quantitative estimate of drug-likeness (QED) is 0.119.